The van der Waals surface area contributed by atoms with E-state index in [4.69, 9.17) is 5.26 Å². The van der Waals surface area contributed by atoms with Crippen molar-refractivity contribution in [3.05, 3.63) is 29.3 Å². The third-order valence-corrected chi connectivity index (χ3v) is 3.19. The van der Waals surface area contributed by atoms with Gasteiger partial charge in [-0.05, 0) is 31.0 Å². The Labute approximate surface area is 83.8 Å². The smallest absolute Gasteiger partial charge is 0.0630 e. The van der Waals surface area contributed by atoms with Gasteiger partial charge in [0.05, 0.1) is 6.07 Å². The quantitative estimate of drug-likeness (QED) is 0.540. The molecule has 0 aliphatic rings. The highest BCUT2D eigenvalue weighted by Gasteiger charge is 1.99. The molecule has 0 radical (unpaired) electrons. The zero-order chi connectivity index (χ0) is 9.68. The second kappa shape index (κ2) is 4.94. The Bertz CT molecular complexity index is 325. The Morgan fingerprint density at radius 2 is 2.15 bits per heavy atom. The van der Waals surface area contributed by atoms with Crippen molar-refractivity contribution in [1.82, 2.24) is 0 Å². The standard InChI is InChI=1S/C11H13NS/c1-9-5-3-6-11(10(9)2)13-8-4-7-12/h3,5-6H,4,8H2,1-2H3. The number of rotatable bonds is 3. The van der Waals surface area contributed by atoms with Crippen molar-refractivity contribution in [3.63, 3.8) is 0 Å². The number of hydrogen-bond donors (Lipinski definition) is 0. The van der Waals surface area contributed by atoms with Crippen molar-refractivity contribution in [2.75, 3.05) is 5.75 Å². The number of nitriles is 1. The maximum atomic E-state index is 8.40. The molecule has 0 aromatic heterocycles. The molecule has 0 spiro atoms. The summed E-state index contributed by atoms with van der Waals surface area (Å²) >= 11 is 1.76. The first-order chi connectivity index (χ1) is 6.25. The van der Waals surface area contributed by atoms with E-state index in [9.17, 15) is 0 Å². The number of nitrogens with zero attached hydrogens (tertiary/aromatic N) is 1. The lowest BCUT2D eigenvalue weighted by molar-refractivity contribution is 1.20. The summed E-state index contributed by atoms with van der Waals surface area (Å²) in [6.07, 6.45) is 0.623. The molecule has 0 heterocycles. The minimum atomic E-state index is 0.623. The molecular weight excluding hydrogens is 178 g/mol. The van der Waals surface area contributed by atoms with Crippen LogP contribution in [-0.4, -0.2) is 5.75 Å². The molecule has 13 heavy (non-hydrogen) atoms. The van der Waals surface area contributed by atoms with Crippen LogP contribution in [0.2, 0.25) is 0 Å². The molecule has 0 bridgehead atoms. The predicted octanol–water partition coefficient (Wildman–Crippen LogP) is 3.31. The largest absolute Gasteiger partial charge is 0.198 e. The minimum Gasteiger partial charge on any atom is -0.198 e. The van der Waals surface area contributed by atoms with Crippen LogP contribution in [0.15, 0.2) is 23.1 Å². The van der Waals surface area contributed by atoms with Crippen molar-refractivity contribution >= 4 is 11.8 Å². The van der Waals surface area contributed by atoms with Gasteiger partial charge in [-0.3, -0.25) is 0 Å². The van der Waals surface area contributed by atoms with E-state index < -0.39 is 0 Å². The number of thioether (sulfide) groups is 1. The van der Waals surface area contributed by atoms with E-state index in [0.717, 1.165) is 5.75 Å². The fourth-order valence-corrected chi connectivity index (χ4v) is 2.05. The molecule has 0 amide bonds. The summed E-state index contributed by atoms with van der Waals surface area (Å²) in [6.45, 7) is 4.24. The molecule has 1 rings (SSSR count). The lowest BCUT2D eigenvalue weighted by Crippen LogP contribution is -1.85. The second-order valence-corrected chi connectivity index (χ2v) is 4.09. The average molecular weight is 191 g/mol. The lowest BCUT2D eigenvalue weighted by atomic mass is 10.1. The third kappa shape index (κ3) is 2.78. The number of hydrogen-bond acceptors (Lipinski definition) is 2. The molecule has 0 unspecified atom stereocenters. The maximum absolute atomic E-state index is 8.40. The van der Waals surface area contributed by atoms with Crippen LogP contribution < -0.4 is 0 Å². The van der Waals surface area contributed by atoms with Gasteiger partial charge in [0.1, 0.15) is 0 Å². The topological polar surface area (TPSA) is 23.8 Å². The van der Waals surface area contributed by atoms with Gasteiger partial charge in [0.15, 0.2) is 0 Å². The van der Waals surface area contributed by atoms with Gasteiger partial charge >= 0.3 is 0 Å². The summed E-state index contributed by atoms with van der Waals surface area (Å²) in [5.74, 6) is 0.890. The molecule has 1 aromatic rings. The zero-order valence-electron chi connectivity index (χ0n) is 8.00. The van der Waals surface area contributed by atoms with E-state index in [0.29, 0.717) is 6.42 Å². The van der Waals surface area contributed by atoms with Gasteiger partial charge < -0.3 is 0 Å². The van der Waals surface area contributed by atoms with Crippen molar-refractivity contribution in [2.45, 2.75) is 25.2 Å². The van der Waals surface area contributed by atoms with E-state index in [2.05, 4.69) is 38.1 Å². The summed E-state index contributed by atoms with van der Waals surface area (Å²) in [6, 6.07) is 8.45. The lowest BCUT2D eigenvalue weighted by Gasteiger charge is -2.06. The Morgan fingerprint density at radius 3 is 2.85 bits per heavy atom. The summed E-state index contributed by atoms with van der Waals surface area (Å²) < 4.78 is 0. The summed E-state index contributed by atoms with van der Waals surface area (Å²) in [5, 5.41) is 8.40. The maximum Gasteiger partial charge on any atom is 0.0630 e. The predicted molar refractivity (Wildman–Crippen MR) is 56.9 cm³/mol. The van der Waals surface area contributed by atoms with Gasteiger partial charge in [0, 0.05) is 17.1 Å². The highest BCUT2D eigenvalue weighted by atomic mass is 32.2. The first kappa shape index (κ1) is 10.1. The van der Waals surface area contributed by atoms with E-state index >= 15 is 0 Å². The highest BCUT2D eigenvalue weighted by Crippen LogP contribution is 2.24. The van der Waals surface area contributed by atoms with Crippen LogP contribution in [-0.2, 0) is 0 Å². The Kier molecular flexibility index (Phi) is 3.85. The molecule has 0 aliphatic heterocycles. The van der Waals surface area contributed by atoms with Crippen molar-refractivity contribution in [2.24, 2.45) is 0 Å². The van der Waals surface area contributed by atoms with Crippen LogP contribution in [0.5, 0.6) is 0 Å². The molecule has 0 atom stereocenters. The fourth-order valence-electron chi connectivity index (χ4n) is 1.09. The summed E-state index contributed by atoms with van der Waals surface area (Å²) in [4.78, 5) is 1.30. The van der Waals surface area contributed by atoms with E-state index in [1.54, 1.807) is 11.8 Å². The first-order valence-corrected chi connectivity index (χ1v) is 5.30. The summed E-state index contributed by atoms with van der Waals surface area (Å²) in [7, 11) is 0. The molecule has 0 saturated carbocycles. The molecule has 2 heteroatoms. The molecule has 1 nitrogen and oxygen atoms in total. The monoisotopic (exact) mass is 191 g/mol. The van der Waals surface area contributed by atoms with Crippen LogP contribution in [0.25, 0.3) is 0 Å². The Hall–Kier alpha value is -0.940. The van der Waals surface area contributed by atoms with Gasteiger partial charge in [-0.25, -0.2) is 0 Å². The summed E-state index contributed by atoms with van der Waals surface area (Å²) in [5.41, 5.74) is 2.66. The van der Waals surface area contributed by atoms with Crippen LogP contribution in [0, 0.1) is 25.2 Å². The normalized spacial score (nSPS) is 9.62. The fraction of sp³-hybridized carbons (Fsp3) is 0.364. The Morgan fingerprint density at radius 1 is 1.38 bits per heavy atom. The Balaban J connectivity index is 2.67. The van der Waals surface area contributed by atoms with E-state index in [-0.39, 0.29) is 0 Å². The molecule has 0 N–H and O–H groups in total. The zero-order valence-corrected chi connectivity index (χ0v) is 8.82. The third-order valence-electron chi connectivity index (χ3n) is 2.03. The molecular formula is C11H13NS. The number of benzene rings is 1. The van der Waals surface area contributed by atoms with E-state index in [1.165, 1.54) is 16.0 Å². The average Bonchev–Trinajstić information content (AvgIpc) is 2.13. The molecule has 0 aliphatic carbocycles. The van der Waals surface area contributed by atoms with Crippen molar-refractivity contribution in [3.8, 4) is 6.07 Å². The van der Waals surface area contributed by atoms with Gasteiger partial charge in [0.25, 0.3) is 0 Å². The van der Waals surface area contributed by atoms with Gasteiger partial charge in [-0.2, -0.15) is 5.26 Å². The molecule has 0 saturated heterocycles. The molecule has 68 valence electrons. The van der Waals surface area contributed by atoms with Gasteiger partial charge in [-0.15, -0.1) is 11.8 Å². The first-order valence-electron chi connectivity index (χ1n) is 4.31. The second-order valence-electron chi connectivity index (χ2n) is 2.95. The number of aryl methyl sites for hydroxylation is 1. The van der Waals surface area contributed by atoms with Crippen LogP contribution in [0.4, 0.5) is 0 Å². The van der Waals surface area contributed by atoms with Gasteiger partial charge in [0.2, 0.25) is 0 Å². The molecule has 0 fully saturated rings. The van der Waals surface area contributed by atoms with Gasteiger partial charge in [-0.1, -0.05) is 12.1 Å². The van der Waals surface area contributed by atoms with E-state index in [1.807, 2.05) is 0 Å². The highest BCUT2D eigenvalue weighted by molar-refractivity contribution is 7.99. The van der Waals surface area contributed by atoms with Crippen molar-refractivity contribution < 1.29 is 0 Å². The van der Waals surface area contributed by atoms with Crippen LogP contribution in [0.3, 0.4) is 0 Å². The SMILES string of the molecule is Cc1cccc(SCCC#N)c1C. The van der Waals surface area contributed by atoms with Crippen LogP contribution in [0.1, 0.15) is 17.5 Å². The molecule has 1 aromatic carbocycles. The van der Waals surface area contributed by atoms with Crippen molar-refractivity contribution in [1.29, 1.82) is 5.26 Å². The minimum absolute atomic E-state index is 0.623. The van der Waals surface area contributed by atoms with Crippen LogP contribution >= 0.6 is 11.8 Å².